The van der Waals surface area contributed by atoms with Crippen molar-refractivity contribution in [3.8, 4) is 0 Å². The molecule has 1 aromatic rings. The number of hydrogen-bond acceptors (Lipinski definition) is 5. The Hall–Kier alpha value is -0.930. The van der Waals surface area contributed by atoms with Crippen LogP contribution < -0.4 is 4.72 Å². The first kappa shape index (κ1) is 21.1. The van der Waals surface area contributed by atoms with E-state index in [4.69, 9.17) is 11.6 Å². The van der Waals surface area contributed by atoms with Gasteiger partial charge < -0.3 is 4.90 Å². The first-order valence-corrected chi connectivity index (χ1v) is 8.33. The van der Waals surface area contributed by atoms with Gasteiger partial charge in [0.25, 0.3) is 5.69 Å². The van der Waals surface area contributed by atoms with E-state index in [1.165, 1.54) is 12.1 Å². The Bertz CT molecular complexity index is 606. The minimum absolute atomic E-state index is 0. The van der Waals surface area contributed by atoms with Gasteiger partial charge in [-0.05, 0) is 25.2 Å². The van der Waals surface area contributed by atoms with Crippen LogP contribution in [0.15, 0.2) is 23.1 Å². The number of nitrogens with zero attached hydrogens (tertiary/aromatic N) is 2. The van der Waals surface area contributed by atoms with E-state index in [1.54, 1.807) is 0 Å². The molecule has 7 nitrogen and oxygen atoms in total. The molecular weight excluding hydrogens is 353 g/mol. The van der Waals surface area contributed by atoms with Crippen molar-refractivity contribution >= 4 is 39.7 Å². The van der Waals surface area contributed by atoms with E-state index in [0.29, 0.717) is 6.54 Å². The summed E-state index contributed by atoms with van der Waals surface area (Å²) in [6.07, 6.45) is 0. The molecule has 0 aliphatic carbocycles. The summed E-state index contributed by atoms with van der Waals surface area (Å²) in [4.78, 5) is 12.0. The molecule has 0 bridgehead atoms. The van der Waals surface area contributed by atoms with E-state index in [1.807, 2.05) is 13.8 Å². The van der Waals surface area contributed by atoms with Crippen molar-refractivity contribution in [2.45, 2.75) is 18.7 Å². The molecular formula is C12H19Cl2N3O4S. The quantitative estimate of drug-likeness (QED) is 0.558. The van der Waals surface area contributed by atoms with Gasteiger partial charge in [0.05, 0.1) is 9.82 Å². The lowest BCUT2D eigenvalue weighted by atomic mass is 10.3. The predicted octanol–water partition coefficient (Wildman–Crippen LogP) is 2.29. The first-order chi connectivity index (χ1) is 9.81. The number of halogens is 2. The monoisotopic (exact) mass is 371 g/mol. The third kappa shape index (κ3) is 5.69. The lowest BCUT2D eigenvalue weighted by Crippen LogP contribution is -2.34. The van der Waals surface area contributed by atoms with E-state index in [9.17, 15) is 18.5 Å². The van der Waals surface area contributed by atoms with Crippen LogP contribution in [-0.2, 0) is 10.0 Å². The van der Waals surface area contributed by atoms with Gasteiger partial charge >= 0.3 is 0 Å². The molecule has 0 unspecified atom stereocenters. The van der Waals surface area contributed by atoms with E-state index in [-0.39, 0.29) is 28.9 Å². The van der Waals surface area contributed by atoms with Crippen molar-refractivity contribution in [2.75, 3.05) is 26.2 Å². The molecule has 0 aliphatic rings. The van der Waals surface area contributed by atoms with Gasteiger partial charge in [-0.2, -0.15) is 0 Å². The standard InChI is InChI=1S/C12H18ClN3O4S.ClH/c1-3-15(4-2)8-7-14-21(19,20)10-5-6-11(13)12(9-10)16(17)18;/h5-6,9,14H,3-4,7-8H2,1-2H3;1H. The van der Waals surface area contributed by atoms with E-state index in [0.717, 1.165) is 19.2 Å². The van der Waals surface area contributed by atoms with Gasteiger partial charge in [-0.25, -0.2) is 13.1 Å². The number of sulfonamides is 1. The average Bonchev–Trinajstić information content (AvgIpc) is 2.43. The lowest BCUT2D eigenvalue weighted by Gasteiger charge is -2.18. The molecule has 0 spiro atoms. The summed E-state index contributed by atoms with van der Waals surface area (Å²) in [6, 6.07) is 3.41. The number of rotatable bonds is 8. The number of nitro groups is 1. The maximum atomic E-state index is 12.1. The van der Waals surface area contributed by atoms with Gasteiger partial charge in [0.1, 0.15) is 5.02 Å². The van der Waals surface area contributed by atoms with Gasteiger partial charge in [0.15, 0.2) is 0 Å². The molecule has 1 rings (SSSR count). The highest BCUT2D eigenvalue weighted by Crippen LogP contribution is 2.26. The number of likely N-dealkylation sites (N-methyl/N-ethyl adjacent to an activating group) is 1. The highest BCUT2D eigenvalue weighted by molar-refractivity contribution is 7.89. The molecule has 0 aromatic heterocycles. The van der Waals surface area contributed by atoms with Crippen molar-refractivity contribution in [2.24, 2.45) is 0 Å². The second-order valence-corrected chi connectivity index (χ2v) is 6.47. The van der Waals surface area contributed by atoms with Crippen LogP contribution in [0.2, 0.25) is 5.02 Å². The zero-order chi connectivity index (χ0) is 16.0. The molecule has 0 heterocycles. The Balaban J connectivity index is 0.00000441. The minimum atomic E-state index is -3.78. The Morgan fingerprint density at radius 1 is 1.32 bits per heavy atom. The number of nitro benzene ring substituents is 1. The van der Waals surface area contributed by atoms with E-state index < -0.39 is 20.6 Å². The van der Waals surface area contributed by atoms with Gasteiger partial charge in [0.2, 0.25) is 10.0 Å². The molecule has 0 amide bonds. The molecule has 22 heavy (non-hydrogen) atoms. The SMILES string of the molecule is CCN(CC)CCNS(=O)(=O)c1ccc(Cl)c([N+](=O)[O-])c1.Cl. The largest absolute Gasteiger partial charge is 0.303 e. The molecule has 0 saturated carbocycles. The number of benzene rings is 1. The van der Waals surface area contributed by atoms with Crippen molar-refractivity contribution in [3.05, 3.63) is 33.3 Å². The van der Waals surface area contributed by atoms with Crippen LogP contribution in [0.5, 0.6) is 0 Å². The van der Waals surface area contributed by atoms with Gasteiger partial charge in [-0.15, -0.1) is 12.4 Å². The van der Waals surface area contributed by atoms with Crippen LogP contribution >= 0.6 is 24.0 Å². The molecule has 0 aliphatic heterocycles. The van der Waals surface area contributed by atoms with Gasteiger partial charge in [-0.3, -0.25) is 10.1 Å². The lowest BCUT2D eigenvalue weighted by molar-refractivity contribution is -0.384. The summed E-state index contributed by atoms with van der Waals surface area (Å²) in [5, 5.41) is 10.7. The average molecular weight is 372 g/mol. The van der Waals surface area contributed by atoms with Crippen LogP contribution in [0.4, 0.5) is 5.69 Å². The Morgan fingerprint density at radius 2 is 1.91 bits per heavy atom. The van der Waals surface area contributed by atoms with Gasteiger partial charge in [-0.1, -0.05) is 25.4 Å². The second kappa shape index (κ2) is 9.26. The molecule has 1 N–H and O–H groups in total. The van der Waals surface area contributed by atoms with Crippen molar-refractivity contribution in [3.63, 3.8) is 0 Å². The van der Waals surface area contributed by atoms with Crippen molar-refractivity contribution in [1.82, 2.24) is 9.62 Å². The van der Waals surface area contributed by atoms with Crippen LogP contribution in [0.25, 0.3) is 0 Å². The normalized spacial score (nSPS) is 11.3. The molecule has 0 fully saturated rings. The fourth-order valence-electron chi connectivity index (χ4n) is 1.76. The predicted molar refractivity (Wildman–Crippen MR) is 88.3 cm³/mol. The summed E-state index contributed by atoms with van der Waals surface area (Å²) >= 11 is 5.66. The summed E-state index contributed by atoms with van der Waals surface area (Å²) in [5.74, 6) is 0. The Labute approximate surface area is 141 Å². The Kier molecular flexibility index (Phi) is 8.87. The molecule has 1 aromatic carbocycles. The zero-order valence-electron chi connectivity index (χ0n) is 12.3. The smallest absolute Gasteiger partial charge is 0.289 e. The fraction of sp³-hybridized carbons (Fsp3) is 0.500. The third-order valence-electron chi connectivity index (χ3n) is 3.04. The van der Waals surface area contributed by atoms with Crippen molar-refractivity contribution < 1.29 is 13.3 Å². The first-order valence-electron chi connectivity index (χ1n) is 6.47. The molecule has 0 saturated heterocycles. The second-order valence-electron chi connectivity index (χ2n) is 4.29. The topological polar surface area (TPSA) is 92.6 Å². The molecule has 0 radical (unpaired) electrons. The maximum Gasteiger partial charge on any atom is 0.289 e. The minimum Gasteiger partial charge on any atom is -0.303 e. The summed E-state index contributed by atoms with van der Waals surface area (Å²) in [7, 11) is -3.78. The molecule has 10 heteroatoms. The fourth-order valence-corrected chi connectivity index (χ4v) is 2.99. The highest BCUT2D eigenvalue weighted by Gasteiger charge is 2.20. The summed E-state index contributed by atoms with van der Waals surface area (Å²) < 4.78 is 26.6. The zero-order valence-corrected chi connectivity index (χ0v) is 14.7. The Morgan fingerprint density at radius 3 is 2.41 bits per heavy atom. The van der Waals surface area contributed by atoms with Crippen LogP contribution in [0, 0.1) is 10.1 Å². The van der Waals surface area contributed by atoms with Crippen LogP contribution in [-0.4, -0.2) is 44.4 Å². The van der Waals surface area contributed by atoms with Gasteiger partial charge in [0, 0.05) is 19.2 Å². The maximum absolute atomic E-state index is 12.1. The van der Waals surface area contributed by atoms with Crippen LogP contribution in [0.1, 0.15) is 13.8 Å². The number of hydrogen-bond donors (Lipinski definition) is 1. The number of nitrogens with one attached hydrogen (secondary N) is 1. The van der Waals surface area contributed by atoms with E-state index >= 15 is 0 Å². The van der Waals surface area contributed by atoms with Crippen molar-refractivity contribution in [1.29, 1.82) is 0 Å². The van der Waals surface area contributed by atoms with E-state index in [2.05, 4.69) is 9.62 Å². The molecule has 0 atom stereocenters. The molecule has 126 valence electrons. The highest BCUT2D eigenvalue weighted by atomic mass is 35.5. The summed E-state index contributed by atoms with van der Waals surface area (Å²) in [6.45, 7) is 6.43. The van der Waals surface area contributed by atoms with Crippen LogP contribution in [0.3, 0.4) is 0 Å². The third-order valence-corrected chi connectivity index (χ3v) is 4.82. The summed E-state index contributed by atoms with van der Waals surface area (Å²) in [5.41, 5.74) is -0.428.